The number of hydrogen-bond donors (Lipinski definition) is 2. The van der Waals surface area contributed by atoms with Gasteiger partial charge in [-0.25, -0.2) is 9.37 Å². The van der Waals surface area contributed by atoms with Crippen LogP contribution in [0.2, 0.25) is 0 Å². The highest BCUT2D eigenvalue weighted by atomic mass is 19.1. The molecule has 4 heteroatoms. The Kier molecular flexibility index (Phi) is 3.37. The van der Waals surface area contributed by atoms with Crippen LogP contribution in [-0.4, -0.2) is 15.7 Å². The van der Waals surface area contributed by atoms with Gasteiger partial charge in [0.25, 0.3) is 0 Å². The molecule has 2 rings (SSSR count). The van der Waals surface area contributed by atoms with Crippen LogP contribution in [-0.2, 0) is 0 Å². The van der Waals surface area contributed by atoms with E-state index in [1.165, 1.54) is 12.1 Å². The standard InChI is InChI=1S/C14H14FN3/c1-9(14-8-17-10(2)18-14)6-13(16)11-4-3-5-12(15)7-11/h3-8,16H,1-2H3,(H,17,18)/b9-6-,16-13?. The number of aryl methyl sites for hydroxylation is 1. The van der Waals surface area contributed by atoms with Gasteiger partial charge in [-0.1, -0.05) is 12.1 Å². The molecule has 0 bridgehead atoms. The summed E-state index contributed by atoms with van der Waals surface area (Å²) < 4.78 is 13.1. The molecule has 0 saturated heterocycles. The molecule has 2 aromatic rings. The van der Waals surface area contributed by atoms with E-state index in [9.17, 15) is 4.39 Å². The maximum absolute atomic E-state index is 13.1. The third-order valence-corrected chi connectivity index (χ3v) is 2.62. The van der Waals surface area contributed by atoms with E-state index in [4.69, 9.17) is 5.41 Å². The number of H-pyrrole nitrogens is 1. The lowest BCUT2D eigenvalue weighted by atomic mass is 10.1. The molecule has 0 spiro atoms. The van der Waals surface area contributed by atoms with Gasteiger partial charge in [0.1, 0.15) is 11.6 Å². The molecule has 92 valence electrons. The summed E-state index contributed by atoms with van der Waals surface area (Å²) in [5.41, 5.74) is 2.60. The van der Waals surface area contributed by atoms with E-state index in [0.29, 0.717) is 5.56 Å². The van der Waals surface area contributed by atoms with E-state index in [2.05, 4.69) is 9.97 Å². The first-order valence-corrected chi connectivity index (χ1v) is 5.61. The van der Waals surface area contributed by atoms with Gasteiger partial charge < -0.3 is 10.4 Å². The van der Waals surface area contributed by atoms with Crippen molar-refractivity contribution in [1.82, 2.24) is 9.97 Å². The third kappa shape index (κ3) is 2.71. The van der Waals surface area contributed by atoms with Crippen LogP contribution in [0.1, 0.15) is 24.0 Å². The third-order valence-electron chi connectivity index (χ3n) is 2.62. The summed E-state index contributed by atoms with van der Waals surface area (Å²) in [5.74, 6) is 0.496. The molecule has 0 aliphatic rings. The summed E-state index contributed by atoms with van der Waals surface area (Å²) in [6.07, 6.45) is 3.42. The molecular formula is C14H14FN3. The minimum atomic E-state index is -0.333. The van der Waals surface area contributed by atoms with Gasteiger partial charge in [-0.3, -0.25) is 0 Å². The van der Waals surface area contributed by atoms with E-state index in [-0.39, 0.29) is 11.5 Å². The maximum atomic E-state index is 13.1. The lowest BCUT2D eigenvalue weighted by Crippen LogP contribution is -1.96. The first kappa shape index (κ1) is 12.2. The number of aromatic amines is 1. The van der Waals surface area contributed by atoms with Crippen molar-refractivity contribution in [2.24, 2.45) is 0 Å². The molecule has 0 aliphatic heterocycles. The zero-order valence-corrected chi connectivity index (χ0v) is 10.3. The average molecular weight is 243 g/mol. The molecule has 0 atom stereocenters. The second-order valence-corrected chi connectivity index (χ2v) is 4.13. The van der Waals surface area contributed by atoms with Crippen molar-refractivity contribution >= 4 is 11.3 Å². The Morgan fingerprint density at radius 2 is 2.22 bits per heavy atom. The largest absolute Gasteiger partial charge is 0.343 e. The molecule has 1 aromatic heterocycles. The van der Waals surface area contributed by atoms with Crippen molar-refractivity contribution in [1.29, 1.82) is 5.41 Å². The van der Waals surface area contributed by atoms with Gasteiger partial charge in [-0.15, -0.1) is 0 Å². The number of halogens is 1. The van der Waals surface area contributed by atoms with Crippen LogP contribution < -0.4 is 0 Å². The fraction of sp³-hybridized carbons (Fsp3) is 0.143. The van der Waals surface area contributed by atoms with Crippen LogP contribution in [0.4, 0.5) is 4.39 Å². The predicted molar refractivity (Wildman–Crippen MR) is 70.2 cm³/mol. The number of hydrogen-bond acceptors (Lipinski definition) is 2. The normalized spacial score (nSPS) is 11.6. The fourth-order valence-corrected chi connectivity index (χ4v) is 1.65. The smallest absolute Gasteiger partial charge is 0.123 e. The lowest BCUT2D eigenvalue weighted by Gasteiger charge is -2.01. The zero-order valence-electron chi connectivity index (χ0n) is 10.3. The molecule has 0 radical (unpaired) electrons. The van der Waals surface area contributed by atoms with E-state index in [1.807, 2.05) is 13.8 Å². The van der Waals surface area contributed by atoms with Gasteiger partial charge in [0, 0.05) is 5.56 Å². The predicted octanol–water partition coefficient (Wildman–Crippen LogP) is 3.33. The molecule has 18 heavy (non-hydrogen) atoms. The number of imidazole rings is 1. The number of nitrogens with one attached hydrogen (secondary N) is 2. The Bertz CT molecular complexity index is 611. The zero-order chi connectivity index (χ0) is 13.1. The summed E-state index contributed by atoms with van der Waals surface area (Å²) in [6.45, 7) is 3.76. The monoisotopic (exact) mass is 243 g/mol. The van der Waals surface area contributed by atoms with Crippen molar-refractivity contribution in [3.8, 4) is 0 Å². The molecule has 0 saturated carbocycles. The second-order valence-electron chi connectivity index (χ2n) is 4.13. The first-order chi connectivity index (χ1) is 8.56. The number of nitrogens with zero attached hydrogens (tertiary/aromatic N) is 1. The SMILES string of the molecule is C/C(=C/C(=N)c1cccc(F)c1)c1cnc(C)[nH]1. The van der Waals surface area contributed by atoms with Crippen LogP contribution >= 0.6 is 0 Å². The van der Waals surface area contributed by atoms with E-state index in [1.54, 1.807) is 24.4 Å². The summed E-state index contributed by atoms with van der Waals surface area (Å²) in [5, 5.41) is 7.94. The molecule has 1 aromatic carbocycles. The average Bonchev–Trinajstić information content (AvgIpc) is 2.76. The van der Waals surface area contributed by atoms with Gasteiger partial charge in [0.15, 0.2) is 0 Å². The van der Waals surface area contributed by atoms with Crippen LogP contribution in [0.5, 0.6) is 0 Å². The molecular weight excluding hydrogens is 229 g/mol. The van der Waals surface area contributed by atoms with Crippen molar-refractivity contribution in [3.63, 3.8) is 0 Å². The second kappa shape index (κ2) is 4.96. The highest BCUT2D eigenvalue weighted by Crippen LogP contribution is 2.13. The summed E-state index contributed by atoms with van der Waals surface area (Å²) in [4.78, 5) is 7.20. The Hall–Kier alpha value is -2.23. The van der Waals surface area contributed by atoms with Crippen LogP contribution in [0, 0.1) is 18.2 Å². The minimum absolute atomic E-state index is 0.277. The Labute approximate surface area is 105 Å². The first-order valence-electron chi connectivity index (χ1n) is 5.61. The van der Waals surface area contributed by atoms with E-state index in [0.717, 1.165) is 17.1 Å². The van der Waals surface area contributed by atoms with Crippen LogP contribution in [0.25, 0.3) is 5.57 Å². The van der Waals surface area contributed by atoms with Gasteiger partial charge in [0.2, 0.25) is 0 Å². The summed E-state index contributed by atoms with van der Waals surface area (Å²) in [6, 6.07) is 6.03. The topological polar surface area (TPSA) is 52.5 Å². The van der Waals surface area contributed by atoms with Crippen LogP contribution in [0.15, 0.2) is 36.5 Å². The summed E-state index contributed by atoms with van der Waals surface area (Å²) >= 11 is 0. The molecule has 3 nitrogen and oxygen atoms in total. The Morgan fingerprint density at radius 3 is 2.83 bits per heavy atom. The molecule has 0 amide bonds. The van der Waals surface area contributed by atoms with Gasteiger partial charge >= 0.3 is 0 Å². The molecule has 0 fully saturated rings. The number of aromatic nitrogens is 2. The van der Waals surface area contributed by atoms with Crippen molar-refractivity contribution in [2.45, 2.75) is 13.8 Å². The van der Waals surface area contributed by atoms with Gasteiger partial charge in [-0.2, -0.15) is 0 Å². The lowest BCUT2D eigenvalue weighted by molar-refractivity contribution is 0.627. The molecule has 1 heterocycles. The highest BCUT2D eigenvalue weighted by Gasteiger charge is 2.03. The van der Waals surface area contributed by atoms with Gasteiger partial charge in [0.05, 0.1) is 17.6 Å². The fourth-order valence-electron chi connectivity index (χ4n) is 1.65. The number of benzene rings is 1. The minimum Gasteiger partial charge on any atom is -0.343 e. The van der Waals surface area contributed by atoms with Crippen molar-refractivity contribution < 1.29 is 4.39 Å². The van der Waals surface area contributed by atoms with E-state index >= 15 is 0 Å². The van der Waals surface area contributed by atoms with E-state index < -0.39 is 0 Å². The molecule has 0 unspecified atom stereocenters. The molecule has 2 N–H and O–H groups in total. The molecule has 0 aliphatic carbocycles. The quantitative estimate of drug-likeness (QED) is 0.798. The summed E-state index contributed by atoms with van der Waals surface area (Å²) in [7, 11) is 0. The maximum Gasteiger partial charge on any atom is 0.123 e. The van der Waals surface area contributed by atoms with Gasteiger partial charge in [-0.05, 0) is 37.6 Å². The number of rotatable bonds is 3. The van der Waals surface area contributed by atoms with Crippen molar-refractivity contribution in [2.75, 3.05) is 0 Å². The van der Waals surface area contributed by atoms with Crippen LogP contribution in [0.3, 0.4) is 0 Å². The highest BCUT2D eigenvalue weighted by molar-refractivity contribution is 6.09. The number of allylic oxidation sites excluding steroid dienone is 2. The Morgan fingerprint density at radius 1 is 1.44 bits per heavy atom. The van der Waals surface area contributed by atoms with Crippen molar-refractivity contribution in [3.05, 3.63) is 59.4 Å². The Balaban J connectivity index is 2.25.